The Hall–Kier alpha value is -1.64. The first kappa shape index (κ1) is 15.3. The first-order valence-electron chi connectivity index (χ1n) is 8.26. The number of benzene rings is 2. The van der Waals surface area contributed by atoms with Crippen molar-refractivity contribution < 1.29 is 5.11 Å². The molecule has 0 amide bonds. The maximum atomic E-state index is 11.2. The third-order valence-electron chi connectivity index (χ3n) is 5.01. The molecule has 116 valence electrons. The molecule has 0 aliphatic carbocycles. The Bertz CT molecular complexity index is 583. The summed E-state index contributed by atoms with van der Waals surface area (Å²) in [6.07, 6.45) is 1.83. The Morgan fingerprint density at radius 2 is 1.68 bits per heavy atom. The van der Waals surface area contributed by atoms with E-state index in [0.717, 1.165) is 38.0 Å². The van der Waals surface area contributed by atoms with E-state index >= 15 is 0 Å². The van der Waals surface area contributed by atoms with Crippen LogP contribution in [0.3, 0.4) is 0 Å². The highest BCUT2D eigenvalue weighted by Gasteiger charge is 2.40. The Morgan fingerprint density at radius 3 is 2.32 bits per heavy atom. The van der Waals surface area contributed by atoms with Gasteiger partial charge in [0.2, 0.25) is 0 Å². The van der Waals surface area contributed by atoms with Gasteiger partial charge in [-0.3, -0.25) is 4.90 Å². The average molecular weight is 295 g/mol. The first-order chi connectivity index (χ1) is 10.7. The molecule has 1 aliphatic heterocycles. The summed E-state index contributed by atoms with van der Waals surface area (Å²) in [5.74, 6) is 0.309. The molecule has 0 aromatic heterocycles. The Labute approximate surface area is 133 Å². The quantitative estimate of drug-likeness (QED) is 0.907. The van der Waals surface area contributed by atoms with E-state index in [1.165, 1.54) is 5.56 Å². The number of hydrogen-bond donors (Lipinski definition) is 1. The van der Waals surface area contributed by atoms with Crippen LogP contribution in [0.15, 0.2) is 60.7 Å². The largest absolute Gasteiger partial charge is 0.385 e. The third-order valence-corrected chi connectivity index (χ3v) is 5.01. The van der Waals surface area contributed by atoms with Gasteiger partial charge in [-0.05, 0) is 30.5 Å². The van der Waals surface area contributed by atoms with E-state index < -0.39 is 5.60 Å². The van der Waals surface area contributed by atoms with Gasteiger partial charge < -0.3 is 5.11 Å². The Balaban J connectivity index is 1.71. The van der Waals surface area contributed by atoms with Gasteiger partial charge >= 0.3 is 0 Å². The number of likely N-dealkylation sites (tertiary alicyclic amines) is 1. The summed E-state index contributed by atoms with van der Waals surface area (Å²) in [5, 5.41) is 11.2. The molecule has 2 heteroatoms. The monoisotopic (exact) mass is 295 g/mol. The number of rotatable bonds is 5. The lowest BCUT2D eigenvalue weighted by Crippen LogP contribution is -2.36. The van der Waals surface area contributed by atoms with Crippen LogP contribution in [-0.2, 0) is 12.1 Å². The van der Waals surface area contributed by atoms with Gasteiger partial charge in [0.25, 0.3) is 0 Å². The molecule has 0 saturated carbocycles. The summed E-state index contributed by atoms with van der Waals surface area (Å²) < 4.78 is 0. The number of hydrogen-bond acceptors (Lipinski definition) is 2. The molecule has 1 fully saturated rings. The zero-order valence-corrected chi connectivity index (χ0v) is 13.3. The second-order valence-corrected chi connectivity index (χ2v) is 6.35. The van der Waals surface area contributed by atoms with Crippen LogP contribution >= 0.6 is 0 Å². The molecule has 3 rings (SSSR count). The fraction of sp³-hybridized carbons (Fsp3) is 0.400. The maximum Gasteiger partial charge on any atom is 0.0934 e. The van der Waals surface area contributed by atoms with Gasteiger partial charge in [-0.1, -0.05) is 67.6 Å². The fourth-order valence-corrected chi connectivity index (χ4v) is 3.66. The molecular formula is C20H25NO. The molecule has 0 bridgehead atoms. The molecule has 22 heavy (non-hydrogen) atoms. The van der Waals surface area contributed by atoms with Gasteiger partial charge in [0.05, 0.1) is 5.60 Å². The normalized spacial score (nSPS) is 21.6. The Kier molecular flexibility index (Phi) is 4.60. The third kappa shape index (κ3) is 3.08. The molecule has 2 aromatic carbocycles. The molecule has 1 N–H and O–H groups in total. The molecule has 1 aliphatic rings. The molecular weight excluding hydrogens is 270 g/mol. The number of nitrogens with zero attached hydrogens (tertiary/aromatic N) is 1. The highest BCUT2D eigenvalue weighted by molar-refractivity contribution is 5.24. The van der Waals surface area contributed by atoms with Crippen LogP contribution in [0.5, 0.6) is 0 Å². The van der Waals surface area contributed by atoms with Crippen molar-refractivity contribution in [3.8, 4) is 0 Å². The predicted molar refractivity (Wildman–Crippen MR) is 90.5 cm³/mol. The standard InChI is InChI=1S/C20H25NO/c1-2-20(22,18-11-7-4-8-12-18)19-13-14-21(16-19)15-17-9-5-3-6-10-17/h3-12,19,22H,2,13-16H2,1H3/t19-,20+/m0/s1. The molecule has 1 saturated heterocycles. The van der Waals surface area contributed by atoms with Crippen molar-refractivity contribution in [1.29, 1.82) is 0 Å². The van der Waals surface area contributed by atoms with Crippen molar-refractivity contribution in [2.24, 2.45) is 5.92 Å². The van der Waals surface area contributed by atoms with Crippen LogP contribution in [0, 0.1) is 5.92 Å². The van der Waals surface area contributed by atoms with E-state index in [0.29, 0.717) is 5.92 Å². The molecule has 0 unspecified atom stereocenters. The van der Waals surface area contributed by atoms with E-state index in [1.54, 1.807) is 0 Å². The van der Waals surface area contributed by atoms with Crippen molar-refractivity contribution >= 4 is 0 Å². The van der Waals surface area contributed by atoms with Crippen LogP contribution < -0.4 is 0 Å². The van der Waals surface area contributed by atoms with E-state index in [1.807, 2.05) is 18.2 Å². The lowest BCUT2D eigenvalue weighted by molar-refractivity contribution is -0.0244. The second kappa shape index (κ2) is 6.64. The van der Waals surface area contributed by atoms with Crippen molar-refractivity contribution in [3.05, 3.63) is 71.8 Å². The van der Waals surface area contributed by atoms with Crippen molar-refractivity contribution in [2.45, 2.75) is 31.9 Å². The van der Waals surface area contributed by atoms with E-state index in [4.69, 9.17) is 0 Å². The van der Waals surface area contributed by atoms with Crippen LogP contribution in [0.4, 0.5) is 0 Å². The molecule has 2 aromatic rings. The zero-order chi connectivity index (χ0) is 15.4. The van der Waals surface area contributed by atoms with Crippen LogP contribution in [-0.4, -0.2) is 23.1 Å². The number of aliphatic hydroxyl groups is 1. The fourth-order valence-electron chi connectivity index (χ4n) is 3.66. The van der Waals surface area contributed by atoms with E-state index in [-0.39, 0.29) is 0 Å². The van der Waals surface area contributed by atoms with Crippen LogP contribution in [0.1, 0.15) is 30.9 Å². The summed E-state index contributed by atoms with van der Waals surface area (Å²) in [6, 6.07) is 20.8. The van der Waals surface area contributed by atoms with Gasteiger partial charge in [0.15, 0.2) is 0 Å². The molecule has 0 radical (unpaired) electrons. The van der Waals surface area contributed by atoms with E-state index in [9.17, 15) is 5.11 Å². The van der Waals surface area contributed by atoms with Gasteiger partial charge in [-0.25, -0.2) is 0 Å². The van der Waals surface area contributed by atoms with E-state index in [2.05, 4.69) is 54.3 Å². The SMILES string of the molecule is CC[C@@](O)(c1ccccc1)[C@H]1CCN(Cc2ccccc2)C1. The minimum absolute atomic E-state index is 0.309. The van der Waals surface area contributed by atoms with Gasteiger partial charge in [-0.15, -0.1) is 0 Å². The topological polar surface area (TPSA) is 23.5 Å². The molecule has 2 nitrogen and oxygen atoms in total. The summed E-state index contributed by atoms with van der Waals surface area (Å²) in [4.78, 5) is 2.46. The predicted octanol–water partition coefficient (Wildman–Crippen LogP) is 3.81. The molecule has 1 heterocycles. The summed E-state index contributed by atoms with van der Waals surface area (Å²) in [7, 11) is 0. The molecule has 2 atom stereocenters. The minimum atomic E-state index is -0.702. The van der Waals surface area contributed by atoms with Crippen molar-refractivity contribution in [1.82, 2.24) is 4.90 Å². The highest BCUT2D eigenvalue weighted by atomic mass is 16.3. The maximum absolute atomic E-state index is 11.2. The second-order valence-electron chi connectivity index (χ2n) is 6.35. The first-order valence-corrected chi connectivity index (χ1v) is 8.26. The lowest BCUT2D eigenvalue weighted by atomic mass is 9.79. The average Bonchev–Trinajstić information content (AvgIpc) is 3.05. The van der Waals surface area contributed by atoms with Crippen LogP contribution in [0.25, 0.3) is 0 Å². The summed E-state index contributed by atoms with van der Waals surface area (Å²) >= 11 is 0. The van der Waals surface area contributed by atoms with Gasteiger partial charge in [-0.2, -0.15) is 0 Å². The van der Waals surface area contributed by atoms with Crippen molar-refractivity contribution in [3.63, 3.8) is 0 Å². The van der Waals surface area contributed by atoms with Gasteiger partial charge in [0, 0.05) is 19.0 Å². The lowest BCUT2D eigenvalue weighted by Gasteiger charge is -2.34. The zero-order valence-electron chi connectivity index (χ0n) is 13.3. The summed E-state index contributed by atoms with van der Waals surface area (Å²) in [5.41, 5.74) is 1.71. The highest BCUT2D eigenvalue weighted by Crippen LogP contribution is 2.38. The smallest absolute Gasteiger partial charge is 0.0934 e. The summed E-state index contributed by atoms with van der Waals surface area (Å²) in [6.45, 7) is 5.10. The van der Waals surface area contributed by atoms with Crippen molar-refractivity contribution in [2.75, 3.05) is 13.1 Å². The molecule has 0 spiro atoms. The van der Waals surface area contributed by atoms with Gasteiger partial charge in [0.1, 0.15) is 0 Å². The minimum Gasteiger partial charge on any atom is -0.385 e. The van der Waals surface area contributed by atoms with Crippen LogP contribution in [0.2, 0.25) is 0 Å². The Morgan fingerprint density at radius 1 is 1.05 bits per heavy atom.